The van der Waals surface area contributed by atoms with Crippen molar-refractivity contribution >= 4 is 35.6 Å². The SMILES string of the molecule is CC[C@@H]1OC(=O)C[C@H](O)CNC(=O)C2(CC2)C2(CC2)OC(=O)[C@@H]2Cc3ccc(OC)cc3CN2C(=O)[C@@H]2CCCN2C(=O)[C@H](CC(C)C)NC1=O. The first-order valence-corrected chi connectivity index (χ1v) is 18.3. The Kier molecular flexibility index (Phi) is 10.4. The molecule has 0 bridgehead atoms. The summed E-state index contributed by atoms with van der Waals surface area (Å²) in [6, 6.07) is 2.65. The molecule has 5 atom stereocenters. The van der Waals surface area contributed by atoms with Gasteiger partial charge in [-0.15, -0.1) is 0 Å². The molecule has 4 amide bonds. The van der Waals surface area contributed by atoms with Gasteiger partial charge in [0.25, 0.3) is 5.91 Å². The summed E-state index contributed by atoms with van der Waals surface area (Å²) in [7, 11) is 1.55. The average molecular weight is 711 g/mol. The van der Waals surface area contributed by atoms with Crippen LogP contribution in [0, 0.1) is 11.3 Å². The topological polar surface area (TPSA) is 181 Å². The highest BCUT2D eigenvalue weighted by Crippen LogP contribution is 2.66. The molecule has 14 nitrogen and oxygen atoms in total. The lowest BCUT2D eigenvalue weighted by molar-refractivity contribution is -0.169. The van der Waals surface area contributed by atoms with Crippen molar-refractivity contribution in [1.29, 1.82) is 0 Å². The minimum Gasteiger partial charge on any atom is -0.497 e. The van der Waals surface area contributed by atoms with Gasteiger partial charge in [-0.2, -0.15) is 0 Å². The molecule has 278 valence electrons. The van der Waals surface area contributed by atoms with Crippen molar-refractivity contribution in [1.82, 2.24) is 20.4 Å². The van der Waals surface area contributed by atoms with E-state index in [4.69, 9.17) is 14.2 Å². The molecule has 2 aliphatic carbocycles. The van der Waals surface area contributed by atoms with Gasteiger partial charge in [-0.1, -0.05) is 26.8 Å². The fourth-order valence-electron chi connectivity index (χ4n) is 8.01. The number of carbonyl (C=O) groups is 6. The van der Waals surface area contributed by atoms with Crippen molar-refractivity contribution < 1.29 is 48.1 Å². The van der Waals surface area contributed by atoms with Crippen molar-refractivity contribution in [2.45, 2.75) is 127 Å². The molecule has 2 saturated heterocycles. The maximum absolute atomic E-state index is 14.6. The minimum absolute atomic E-state index is 0.00398. The third-order valence-electron chi connectivity index (χ3n) is 11.1. The summed E-state index contributed by atoms with van der Waals surface area (Å²) in [4.78, 5) is 85.9. The Morgan fingerprint density at radius 2 is 1.73 bits per heavy atom. The standard InChI is InChI=1S/C37H50N4O10/c1-5-29-31(44)39-26(15-21(2)3)32(45)40-14-6-7-27(40)33(46)41-20-23-16-25(49-4)9-8-22(23)17-28(41)34(47)51-37(12-13-37)36(10-11-36)35(48)38-19-24(42)18-30(43)50-29/h8-9,16,21,24,26-29,42H,5-7,10-15,17-20H2,1-4H3,(H,38,48)(H,39,44)/t24-,26-,27-,28-,29-/m0/s1. The third kappa shape index (κ3) is 7.29. The van der Waals surface area contributed by atoms with Gasteiger partial charge in [0.05, 0.1) is 25.0 Å². The molecular weight excluding hydrogens is 660 g/mol. The number of nitrogens with one attached hydrogen (secondary N) is 2. The minimum atomic E-state index is -1.28. The monoisotopic (exact) mass is 710 g/mol. The molecule has 0 unspecified atom stereocenters. The summed E-state index contributed by atoms with van der Waals surface area (Å²) < 4.78 is 17.1. The molecule has 6 rings (SSSR count). The number of esters is 2. The van der Waals surface area contributed by atoms with Gasteiger partial charge in [-0.05, 0) is 80.5 Å². The van der Waals surface area contributed by atoms with Crippen LogP contribution in [0.15, 0.2) is 18.2 Å². The Morgan fingerprint density at radius 1 is 0.980 bits per heavy atom. The molecule has 1 aromatic rings. The number of ether oxygens (including phenoxy) is 3. The first-order chi connectivity index (χ1) is 24.3. The van der Waals surface area contributed by atoms with Crippen molar-refractivity contribution in [3.63, 3.8) is 0 Å². The summed E-state index contributed by atoms with van der Waals surface area (Å²) in [5.41, 5.74) is -0.324. The Balaban J connectivity index is 1.35. The molecule has 2 saturated carbocycles. The predicted molar refractivity (Wildman–Crippen MR) is 181 cm³/mol. The Bertz CT molecular complexity index is 1570. The zero-order valence-corrected chi connectivity index (χ0v) is 29.9. The lowest BCUT2D eigenvalue weighted by Crippen LogP contribution is -2.58. The van der Waals surface area contributed by atoms with Gasteiger partial charge in [0.2, 0.25) is 17.7 Å². The molecule has 3 aliphatic heterocycles. The maximum atomic E-state index is 14.6. The van der Waals surface area contributed by atoms with E-state index in [1.165, 1.54) is 9.80 Å². The number of cyclic esters (lactones) is 1. The van der Waals surface area contributed by atoms with Crippen molar-refractivity contribution in [2.75, 3.05) is 20.2 Å². The largest absolute Gasteiger partial charge is 0.497 e. The van der Waals surface area contributed by atoms with Crippen LogP contribution in [0.3, 0.4) is 0 Å². The average Bonchev–Trinajstić information content (AvgIpc) is 4.03. The number of rotatable bonds is 4. The Morgan fingerprint density at radius 3 is 2.37 bits per heavy atom. The summed E-state index contributed by atoms with van der Waals surface area (Å²) in [6.07, 6.45) is 0.496. The van der Waals surface area contributed by atoms with E-state index in [1.807, 2.05) is 26.0 Å². The summed E-state index contributed by atoms with van der Waals surface area (Å²) in [5, 5.41) is 16.1. The number of amides is 4. The quantitative estimate of drug-likeness (QED) is 0.388. The molecule has 51 heavy (non-hydrogen) atoms. The molecule has 3 N–H and O–H groups in total. The van der Waals surface area contributed by atoms with Gasteiger partial charge < -0.3 is 39.8 Å². The molecule has 2 spiro atoms. The Hall–Kier alpha value is -4.20. The summed E-state index contributed by atoms with van der Waals surface area (Å²) >= 11 is 0. The van der Waals surface area contributed by atoms with Crippen LogP contribution in [0.25, 0.3) is 0 Å². The number of aliphatic hydroxyl groups excluding tert-OH is 1. The van der Waals surface area contributed by atoms with Crippen LogP contribution in [0.4, 0.5) is 0 Å². The van der Waals surface area contributed by atoms with Crippen LogP contribution in [-0.2, 0) is 51.2 Å². The highest BCUT2D eigenvalue weighted by molar-refractivity contribution is 5.95. The number of benzene rings is 1. The Labute approximate surface area is 297 Å². The van der Waals surface area contributed by atoms with Gasteiger partial charge in [0.1, 0.15) is 29.5 Å². The second-order valence-electron chi connectivity index (χ2n) is 15.2. The van der Waals surface area contributed by atoms with Crippen LogP contribution >= 0.6 is 0 Å². The fourth-order valence-corrected chi connectivity index (χ4v) is 8.01. The van der Waals surface area contributed by atoms with Crippen LogP contribution in [0.1, 0.15) is 89.7 Å². The van der Waals surface area contributed by atoms with E-state index in [0.717, 1.165) is 11.1 Å². The lowest BCUT2D eigenvalue weighted by atomic mass is 9.91. The molecule has 4 fully saturated rings. The van der Waals surface area contributed by atoms with E-state index in [-0.39, 0.29) is 50.7 Å². The maximum Gasteiger partial charge on any atom is 0.329 e. The number of carbonyl (C=O) groups excluding carboxylic acids is 6. The molecule has 1 aromatic carbocycles. The number of aliphatic hydroxyl groups is 1. The van der Waals surface area contributed by atoms with Crippen LogP contribution in [0.2, 0.25) is 0 Å². The zero-order valence-electron chi connectivity index (χ0n) is 29.9. The van der Waals surface area contributed by atoms with Crippen LogP contribution in [0.5, 0.6) is 5.75 Å². The second kappa shape index (κ2) is 14.4. The molecule has 3 heterocycles. The third-order valence-corrected chi connectivity index (χ3v) is 11.1. The van der Waals surface area contributed by atoms with Gasteiger partial charge >= 0.3 is 11.9 Å². The first kappa shape index (κ1) is 36.6. The van der Waals surface area contributed by atoms with Crippen LogP contribution in [-0.4, -0.2) is 107 Å². The van der Waals surface area contributed by atoms with Crippen LogP contribution < -0.4 is 15.4 Å². The molecular formula is C37H50N4O10. The van der Waals surface area contributed by atoms with E-state index >= 15 is 0 Å². The van der Waals surface area contributed by atoms with E-state index in [1.54, 1.807) is 20.1 Å². The van der Waals surface area contributed by atoms with E-state index in [9.17, 15) is 33.9 Å². The normalized spacial score (nSPS) is 29.6. The molecule has 5 aliphatic rings. The number of β-amino-alcohol motifs (C(OH)–C–C–N with tert-alkyl or cyclic N) is 1. The number of fused-ring (bicyclic) bond motifs is 4. The molecule has 14 heteroatoms. The first-order valence-electron chi connectivity index (χ1n) is 18.3. The highest BCUT2D eigenvalue weighted by Gasteiger charge is 2.72. The summed E-state index contributed by atoms with van der Waals surface area (Å²) in [5.74, 6) is -2.68. The highest BCUT2D eigenvalue weighted by atomic mass is 16.6. The number of nitrogens with zero attached hydrogens (tertiary/aromatic N) is 2. The second-order valence-corrected chi connectivity index (χ2v) is 15.2. The molecule has 0 radical (unpaired) electrons. The predicted octanol–water partition coefficient (Wildman–Crippen LogP) is 1.53. The van der Waals surface area contributed by atoms with E-state index in [0.29, 0.717) is 44.3 Å². The van der Waals surface area contributed by atoms with Crippen molar-refractivity contribution in [3.8, 4) is 5.75 Å². The smallest absolute Gasteiger partial charge is 0.329 e. The van der Waals surface area contributed by atoms with E-state index < -0.39 is 77.4 Å². The summed E-state index contributed by atoms with van der Waals surface area (Å²) in [6.45, 7) is 5.64. The number of methoxy groups -OCH3 is 1. The van der Waals surface area contributed by atoms with Gasteiger partial charge in [0.15, 0.2) is 6.10 Å². The number of hydrogen-bond donors (Lipinski definition) is 3. The lowest BCUT2D eigenvalue weighted by Gasteiger charge is -2.40. The number of hydrogen-bond acceptors (Lipinski definition) is 10. The van der Waals surface area contributed by atoms with Gasteiger partial charge in [-0.3, -0.25) is 24.0 Å². The van der Waals surface area contributed by atoms with Gasteiger partial charge in [-0.25, -0.2) is 4.79 Å². The molecule has 0 aromatic heterocycles. The fraction of sp³-hybridized carbons (Fsp3) is 0.676. The zero-order chi connectivity index (χ0) is 36.7. The van der Waals surface area contributed by atoms with Crippen molar-refractivity contribution in [3.05, 3.63) is 29.3 Å². The van der Waals surface area contributed by atoms with Gasteiger partial charge in [0, 0.05) is 26.1 Å². The van der Waals surface area contributed by atoms with Crippen molar-refractivity contribution in [2.24, 2.45) is 11.3 Å². The van der Waals surface area contributed by atoms with E-state index in [2.05, 4.69) is 10.6 Å².